The fraction of sp³-hybridized carbons (Fsp3) is 0.105. The van der Waals surface area contributed by atoms with E-state index in [2.05, 4.69) is 11.9 Å². The molecule has 5 nitrogen and oxygen atoms in total. The van der Waals surface area contributed by atoms with E-state index in [1.807, 2.05) is 25.1 Å². The van der Waals surface area contributed by atoms with Crippen molar-refractivity contribution < 1.29 is 14.4 Å². The molecule has 0 spiro atoms. The van der Waals surface area contributed by atoms with Crippen LogP contribution in [-0.4, -0.2) is 29.2 Å². The molecule has 0 unspecified atom stereocenters. The Morgan fingerprint density at radius 1 is 1.12 bits per heavy atom. The molecule has 2 aromatic carbocycles. The fourth-order valence-corrected chi connectivity index (χ4v) is 2.63. The SMILES string of the molecule is C=CCN1C(=O)c2ccc(C(=O)Nc3ccccc3C)cc2C1=O. The quantitative estimate of drug-likeness (QED) is 0.695. The van der Waals surface area contributed by atoms with E-state index in [1.54, 1.807) is 12.1 Å². The van der Waals surface area contributed by atoms with Gasteiger partial charge in [0.15, 0.2) is 0 Å². The molecule has 3 amide bonds. The number of para-hydroxylation sites is 1. The van der Waals surface area contributed by atoms with Gasteiger partial charge in [0.1, 0.15) is 0 Å². The fourth-order valence-electron chi connectivity index (χ4n) is 2.63. The lowest BCUT2D eigenvalue weighted by Gasteiger charge is -2.09. The molecule has 0 saturated heterocycles. The molecular formula is C19H16N2O3. The monoisotopic (exact) mass is 320 g/mol. The third-order valence-corrected chi connectivity index (χ3v) is 3.94. The van der Waals surface area contributed by atoms with Crippen LogP contribution in [0.3, 0.4) is 0 Å². The summed E-state index contributed by atoms with van der Waals surface area (Å²) in [6, 6.07) is 12.0. The molecule has 0 saturated carbocycles. The highest BCUT2D eigenvalue weighted by atomic mass is 16.2. The normalized spacial score (nSPS) is 13.0. The Bertz CT molecular complexity index is 871. The lowest BCUT2D eigenvalue weighted by atomic mass is 10.0. The van der Waals surface area contributed by atoms with Gasteiger partial charge in [-0.25, -0.2) is 0 Å². The molecule has 0 bridgehead atoms. The molecule has 5 heteroatoms. The van der Waals surface area contributed by atoms with Crippen LogP contribution in [0.2, 0.25) is 0 Å². The highest BCUT2D eigenvalue weighted by Crippen LogP contribution is 2.24. The molecule has 0 radical (unpaired) electrons. The zero-order chi connectivity index (χ0) is 17.3. The largest absolute Gasteiger partial charge is 0.322 e. The number of amides is 3. The van der Waals surface area contributed by atoms with Crippen LogP contribution in [0.25, 0.3) is 0 Å². The number of benzene rings is 2. The van der Waals surface area contributed by atoms with E-state index in [9.17, 15) is 14.4 Å². The summed E-state index contributed by atoms with van der Waals surface area (Å²) in [6.07, 6.45) is 1.49. The maximum absolute atomic E-state index is 12.4. The van der Waals surface area contributed by atoms with E-state index >= 15 is 0 Å². The second kappa shape index (κ2) is 6.12. The molecule has 0 atom stereocenters. The minimum atomic E-state index is -0.402. The predicted molar refractivity (Wildman–Crippen MR) is 91.1 cm³/mol. The first-order chi connectivity index (χ1) is 11.5. The molecule has 1 heterocycles. The number of imide groups is 1. The van der Waals surface area contributed by atoms with Gasteiger partial charge in [-0.15, -0.1) is 6.58 Å². The molecule has 0 aromatic heterocycles. The van der Waals surface area contributed by atoms with Crippen LogP contribution in [0.4, 0.5) is 5.69 Å². The second-order valence-electron chi connectivity index (χ2n) is 5.54. The molecule has 0 fully saturated rings. The number of fused-ring (bicyclic) bond motifs is 1. The first-order valence-electron chi connectivity index (χ1n) is 7.51. The maximum Gasteiger partial charge on any atom is 0.261 e. The third-order valence-electron chi connectivity index (χ3n) is 3.94. The highest BCUT2D eigenvalue weighted by Gasteiger charge is 2.35. The third kappa shape index (κ3) is 2.60. The Hall–Kier alpha value is -3.21. The van der Waals surface area contributed by atoms with Gasteiger partial charge in [0.25, 0.3) is 17.7 Å². The van der Waals surface area contributed by atoms with Crippen molar-refractivity contribution >= 4 is 23.4 Å². The number of hydrogen-bond donors (Lipinski definition) is 1. The van der Waals surface area contributed by atoms with Gasteiger partial charge >= 0.3 is 0 Å². The number of rotatable bonds is 4. The highest BCUT2D eigenvalue weighted by molar-refractivity contribution is 6.22. The Balaban J connectivity index is 1.89. The van der Waals surface area contributed by atoms with Crippen LogP contribution in [0.5, 0.6) is 0 Å². The van der Waals surface area contributed by atoms with Crippen molar-refractivity contribution in [2.75, 3.05) is 11.9 Å². The van der Waals surface area contributed by atoms with Crippen LogP contribution in [0.1, 0.15) is 36.6 Å². The van der Waals surface area contributed by atoms with Crippen LogP contribution < -0.4 is 5.32 Å². The average molecular weight is 320 g/mol. The zero-order valence-electron chi connectivity index (χ0n) is 13.2. The van der Waals surface area contributed by atoms with Crippen molar-refractivity contribution in [1.82, 2.24) is 4.90 Å². The summed E-state index contributed by atoms with van der Waals surface area (Å²) in [7, 11) is 0. The smallest absolute Gasteiger partial charge is 0.261 e. The van der Waals surface area contributed by atoms with Gasteiger partial charge in [0.2, 0.25) is 0 Å². The van der Waals surface area contributed by atoms with E-state index < -0.39 is 5.91 Å². The summed E-state index contributed by atoms with van der Waals surface area (Å²) in [6.45, 7) is 5.59. The average Bonchev–Trinajstić information content (AvgIpc) is 2.82. The van der Waals surface area contributed by atoms with Crippen molar-refractivity contribution in [1.29, 1.82) is 0 Å². The Kier molecular flexibility index (Phi) is 4.00. The molecule has 120 valence electrons. The molecule has 24 heavy (non-hydrogen) atoms. The number of nitrogens with one attached hydrogen (secondary N) is 1. The Morgan fingerprint density at radius 3 is 2.54 bits per heavy atom. The van der Waals surface area contributed by atoms with Crippen LogP contribution in [0.15, 0.2) is 55.1 Å². The van der Waals surface area contributed by atoms with Crippen molar-refractivity contribution in [2.45, 2.75) is 6.92 Å². The number of aryl methyl sites for hydroxylation is 1. The summed E-state index contributed by atoms with van der Waals surface area (Å²) >= 11 is 0. The van der Waals surface area contributed by atoms with Gasteiger partial charge < -0.3 is 5.32 Å². The first kappa shape index (κ1) is 15.7. The minimum absolute atomic E-state index is 0.150. The molecule has 2 aromatic rings. The summed E-state index contributed by atoms with van der Waals surface area (Å²) in [4.78, 5) is 38.0. The second-order valence-corrected chi connectivity index (χ2v) is 5.54. The van der Waals surface area contributed by atoms with Gasteiger partial charge in [0.05, 0.1) is 11.1 Å². The number of carbonyl (C=O) groups excluding carboxylic acids is 3. The molecule has 3 rings (SSSR count). The van der Waals surface area contributed by atoms with Crippen LogP contribution in [-0.2, 0) is 0 Å². The van der Waals surface area contributed by atoms with E-state index in [0.29, 0.717) is 16.8 Å². The van der Waals surface area contributed by atoms with Crippen LogP contribution in [0, 0.1) is 6.92 Å². The zero-order valence-corrected chi connectivity index (χ0v) is 13.2. The lowest BCUT2D eigenvalue weighted by molar-refractivity contribution is 0.0672. The molecule has 1 aliphatic rings. The van der Waals surface area contributed by atoms with E-state index in [-0.39, 0.29) is 23.9 Å². The summed E-state index contributed by atoms with van der Waals surface area (Å²) in [5.41, 5.74) is 2.54. The van der Waals surface area contributed by atoms with Crippen molar-refractivity contribution in [3.05, 3.63) is 77.4 Å². The van der Waals surface area contributed by atoms with Crippen molar-refractivity contribution in [3.63, 3.8) is 0 Å². The first-order valence-corrected chi connectivity index (χ1v) is 7.51. The number of anilines is 1. The Morgan fingerprint density at radius 2 is 1.83 bits per heavy atom. The van der Waals surface area contributed by atoms with Crippen LogP contribution >= 0.6 is 0 Å². The summed E-state index contributed by atoms with van der Waals surface area (Å²) in [5, 5.41) is 2.82. The maximum atomic E-state index is 12.4. The number of carbonyl (C=O) groups is 3. The van der Waals surface area contributed by atoms with Gasteiger partial charge in [-0.2, -0.15) is 0 Å². The number of nitrogens with zero attached hydrogens (tertiary/aromatic N) is 1. The molecule has 1 N–H and O–H groups in total. The Labute approximate surface area is 139 Å². The standard InChI is InChI=1S/C19H16N2O3/c1-3-10-21-18(23)14-9-8-13(11-15(14)19(21)24)17(22)20-16-7-5-4-6-12(16)2/h3-9,11H,1,10H2,2H3,(H,20,22). The van der Waals surface area contributed by atoms with Crippen molar-refractivity contribution in [3.8, 4) is 0 Å². The molecular weight excluding hydrogens is 304 g/mol. The van der Waals surface area contributed by atoms with E-state index in [1.165, 1.54) is 18.2 Å². The van der Waals surface area contributed by atoms with Gasteiger partial charge in [-0.05, 0) is 36.8 Å². The number of hydrogen-bond acceptors (Lipinski definition) is 3. The predicted octanol–water partition coefficient (Wildman–Crippen LogP) is 3.03. The molecule has 0 aliphatic carbocycles. The summed E-state index contributed by atoms with van der Waals surface area (Å²) < 4.78 is 0. The topological polar surface area (TPSA) is 66.5 Å². The van der Waals surface area contributed by atoms with Gasteiger partial charge in [-0.3, -0.25) is 19.3 Å². The summed E-state index contributed by atoms with van der Waals surface area (Å²) in [5.74, 6) is -1.09. The van der Waals surface area contributed by atoms with E-state index in [0.717, 1.165) is 10.5 Å². The van der Waals surface area contributed by atoms with Gasteiger partial charge in [0, 0.05) is 17.8 Å². The lowest BCUT2D eigenvalue weighted by Crippen LogP contribution is -2.29. The minimum Gasteiger partial charge on any atom is -0.322 e. The van der Waals surface area contributed by atoms with E-state index in [4.69, 9.17) is 0 Å². The molecule has 1 aliphatic heterocycles. The van der Waals surface area contributed by atoms with Crippen molar-refractivity contribution in [2.24, 2.45) is 0 Å². The van der Waals surface area contributed by atoms with Gasteiger partial charge in [-0.1, -0.05) is 24.3 Å².